The topological polar surface area (TPSA) is 73.9 Å². The lowest BCUT2D eigenvalue weighted by molar-refractivity contribution is -0.123. The second kappa shape index (κ2) is 8.53. The minimum Gasteiger partial charge on any atom is -0.493 e. The number of benzene rings is 2. The van der Waals surface area contributed by atoms with Gasteiger partial charge in [0.25, 0.3) is 5.91 Å². The van der Waals surface area contributed by atoms with Crippen molar-refractivity contribution in [2.75, 3.05) is 19.5 Å². The third kappa shape index (κ3) is 4.96. The molecule has 6 nitrogen and oxygen atoms in total. The van der Waals surface area contributed by atoms with Gasteiger partial charge in [-0.15, -0.1) is 0 Å². The van der Waals surface area contributed by atoms with Crippen LogP contribution in [0, 0.1) is 0 Å². The molecule has 25 heavy (non-hydrogen) atoms. The second-order valence-electron chi connectivity index (χ2n) is 5.11. The summed E-state index contributed by atoms with van der Waals surface area (Å²) in [5.41, 5.74) is 0.878. The van der Waals surface area contributed by atoms with E-state index in [2.05, 4.69) is 21.2 Å². The summed E-state index contributed by atoms with van der Waals surface area (Å²) in [7, 11) is 2.98. The van der Waals surface area contributed by atoms with Crippen molar-refractivity contribution < 1.29 is 23.8 Å². The number of nitrogens with one attached hydrogen (secondary N) is 1. The zero-order valence-electron chi connectivity index (χ0n) is 14.0. The summed E-state index contributed by atoms with van der Waals surface area (Å²) in [6.07, 6.45) is -0.954. The van der Waals surface area contributed by atoms with Gasteiger partial charge in [0, 0.05) is 10.2 Å². The fraction of sp³-hybridized carbons (Fsp3) is 0.222. The molecule has 2 aromatic carbocycles. The van der Waals surface area contributed by atoms with E-state index in [-0.39, 0.29) is 5.56 Å². The normalized spacial score (nSPS) is 11.4. The number of anilines is 1. The van der Waals surface area contributed by atoms with Gasteiger partial charge in [0.2, 0.25) is 0 Å². The monoisotopic (exact) mass is 407 g/mol. The average molecular weight is 408 g/mol. The maximum Gasteiger partial charge on any atom is 0.339 e. The maximum atomic E-state index is 12.2. The first-order chi connectivity index (χ1) is 11.9. The number of hydrogen-bond acceptors (Lipinski definition) is 5. The van der Waals surface area contributed by atoms with E-state index in [4.69, 9.17) is 14.2 Å². The lowest BCUT2D eigenvalue weighted by Gasteiger charge is -2.14. The quantitative estimate of drug-likeness (QED) is 0.739. The van der Waals surface area contributed by atoms with Crippen molar-refractivity contribution in [1.82, 2.24) is 0 Å². The van der Waals surface area contributed by atoms with Crippen LogP contribution < -0.4 is 14.8 Å². The molecule has 2 rings (SSSR count). The van der Waals surface area contributed by atoms with Gasteiger partial charge in [-0.2, -0.15) is 0 Å². The van der Waals surface area contributed by atoms with Gasteiger partial charge in [0.05, 0.1) is 19.8 Å². The van der Waals surface area contributed by atoms with Gasteiger partial charge in [-0.1, -0.05) is 15.9 Å². The fourth-order valence-corrected chi connectivity index (χ4v) is 2.29. The molecule has 0 saturated carbocycles. The van der Waals surface area contributed by atoms with Crippen LogP contribution in [0.1, 0.15) is 17.3 Å². The van der Waals surface area contributed by atoms with Crippen molar-refractivity contribution in [1.29, 1.82) is 0 Å². The van der Waals surface area contributed by atoms with Crippen LogP contribution in [0.25, 0.3) is 0 Å². The molecule has 1 atom stereocenters. The van der Waals surface area contributed by atoms with Crippen LogP contribution in [-0.2, 0) is 9.53 Å². The number of amides is 1. The van der Waals surface area contributed by atoms with E-state index in [1.54, 1.807) is 36.4 Å². The number of rotatable bonds is 6. The molecule has 132 valence electrons. The van der Waals surface area contributed by atoms with Crippen molar-refractivity contribution in [3.63, 3.8) is 0 Å². The summed E-state index contributed by atoms with van der Waals surface area (Å²) in [4.78, 5) is 24.4. The number of esters is 1. The van der Waals surface area contributed by atoms with Crippen LogP contribution in [0.5, 0.6) is 11.5 Å². The Morgan fingerprint density at radius 2 is 1.64 bits per heavy atom. The molecular formula is C18H18BrNO5. The molecular weight excluding hydrogens is 390 g/mol. The summed E-state index contributed by atoms with van der Waals surface area (Å²) in [6, 6.07) is 11.7. The highest BCUT2D eigenvalue weighted by Gasteiger charge is 2.20. The standard InChI is InChI=1S/C18H18BrNO5/c1-11(17(21)20-14-7-5-13(19)6-8-14)25-18(22)12-4-9-15(23-2)16(10-12)24-3/h4-11H,1-3H3,(H,20,21). The number of carbonyl (C=O) groups is 2. The number of ether oxygens (including phenoxy) is 3. The highest BCUT2D eigenvalue weighted by Crippen LogP contribution is 2.28. The molecule has 0 radical (unpaired) electrons. The molecule has 2 aromatic rings. The van der Waals surface area contributed by atoms with Crippen LogP contribution in [0.4, 0.5) is 5.69 Å². The van der Waals surface area contributed by atoms with Crippen LogP contribution in [-0.4, -0.2) is 32.2 Å². The molecule has 0 aliphatic carbocycles. The van der Waals surface area contributed by atoms with Crippen molar-refractivity contribution in [3.05, 3.63) is 52.5 Å². The van der Waals surface area contributed by atoms with Crippen LogP contribution in [0.2, 0.25) is 0 Å². The number of halogens is 1. The highest BCUT2D eigenvalue weighted by atomic mass is 79.9. The van der Waals surface area contributed by atoms with Gasteiger partial charge in [-0.05, 0) is 49.4 Å². The van der Waals surface area contributed by atoms with E-state index >= 15 is 0 Å². The van der Waals surface area contributed by atoms with E-state index in [1.807, 2.05) is 0 Å². The number of methoxy groups -OCH3 is 2. The predicted octanol–water partition coefficient (Wildman–Crippen LogP) is 3.65. The molecule has 0 bridgehead atoms. The Balaban J connectivity index is 2.01. The molecule has 0 aromatic heterocycles. The number of carbonyl (C=O) groups excluding carboxylic acids is 2. The Morgan fingerprint density at radius 3 is 2.24 bits per heavy atom. The third-order valence-electron chi connectivity index (χ3n) is 3.38. The summed E-state index contributed by atoms with van der Waals surface area (Å²) >= 11 is 3.32. The fourth-order valence-electron chi connectivity index (χ4n) is 2.02. The molecule has 0 heterocycles. The van der Waals surface area contributed by atoms with Crippen molar-refractivity contribution in [3.8, 4) is 11.5 Å². The molecule has 7 heteroatoms. The Morgan fingerprint density at radius 1 is 1.00 bits per heavy atom. The van der Waals surface area contributed by atoms with Crippen LogP contribution in [0.3, 0.4) is 0 Å². The average Bonchev–Trinajstić information content (AvgIpc) is 2.62. The Labute approximate surface area is 154 Å². The molecule has 0 aliphatic heterocycles. The predicted molar refractivity (Wildman–Crippen MR) is 97.2 cm³/mol. The first-order valence-corrected chi connectivity index (χ1v) is 8.23. The minimum absolute atomic E-state index is 0.265. The van der Waals surface area contributed by atoms with Crippen LogP contribution >= 0.6 is 15.9 Å². The Hall–Kier alpha value is -2.54. The van der Waals surface area contributed by atoms with Gasteiger partial charge < -0.3 is 19.5 Å². The van der Waals surface area contributed by atoms with Gasteiger partial charge in [-0.25, -0.2) is 4.79 Å². The van der Waals surface area contributed by atoms with E-state index in [9.17, 15) is 9.59 Å². The first kappa shape index (κ1) is 18.8. The molecule has 0 spiro atoms. The molecule has 1 N–H and O–H groups in total. The summed E-state index contributed by atoms with van der Waals surface area (Å²) in [5, 5.41) is 2.68. The Kier molecular flexibility index (Phi) is 6.41. The first-order valence-electron chi connectivity index (χ1n) is 7.44. The lowest BCUT2D eigenvalue weighted by atomic mass is 10.2. The molecule has 1 unspecified atom stereocenters. The zero-order valence-corrected chi connectivity index (χ0v) is 15.6. The van der Waals surface area contributed by atoms with Gasteiger partial charge in [0.1, 0.15) is 0 Å². The van der Waals surface area contributed by atoms with Gasteiger partial charge in [0.15, 0.2) is 17.6 Å². The Bertz CT molecular complexity index is 761. The highest BCUT2D eigenvalue weighted by molar-refractivity contribution is 9.10. The lowest BCUT2D eigenvalue weighted by Crippen LogP contribution is -2.30. The van der Waals surface area contributed by atoms with E-state index in [0.29, 0.717) is 17.2 Å². The molecule has 0 aliphatic rings. The van der Waals surface area contributed by atoms with Gasteiger partial charge in [-0.3, -0.25) is 4.79 Å². The largest absolute Gasteiger partial charge is 0.493 e. The van der Waals surface area contributed by atoms with Crippen LogP contribution in [0.15, 0.2) is 46.9 Å². The van der Waals surface area contributed by atoms with E-state index < -0.39 is 18.0 Å². The third-order valence-corrected chi connectivity index (χ3v) is 3.91. The SMILES string of the molecule is COc1ccc(C(=O)OC(C)C(=O)Nc2ccc(Br)cc2)cc1OC. The summed E-state index contributed by atoms with van der Waals surface area (Å²) in [6.45, 7) is 1.51. The zero-order chi connectivity index (χ0) is 18.4. The smallest absolute Gasteiger partial charge is 0.339 e. The van der Waals surface area contributed by atoms with Crippen molar-refractivity contribution in [2.24, 2.45) is 0 Å². The van der Waals surface area contributed by atoms with E-state index in [1.165, 1.54) is 27.2 Å². The molecule has 1 amide bonds. The maximum absolute atomic E-state index is 12.2. The van der Waals surface area contributed by atoms with Crippen molar-refractivity contribution >= 4 is 33.5 Å². The second-order valence-corrected chi connectivity index (χ2v) is 6.03. The molecule has 0 saturated heterocycles. The van der Waals surface area contributed by atoms with Crippen molar-refractivity contribution in [2.45, 2.75) is 13.0 Å². The van der Waals surface area contributed by atoms with E-state index in [0.717, 1.165) is 4.47 Å². The summed E-state index contributed by atoms with van der Waals surface area (Å²) in [5.74, 6) is -0.139. The minimum atomic E-state index is -0.954. The summed E-state index contributed by atoms with van der Waals surface area (Å²) < 4.78 is 16.4. The molecule has 0 fully saturated rings. The number of hydrogen-bond donors (Lipinski definition) is 1. The van der Waals surface area contributed by atoms with Gasteiger partial charge >= 0.3 is 5.97 Å².